The summed E-state index contributed by atoms with van der Waals surface area (Å²) >= 11 is 0. The van der Waals surface area contributed by atoms with Gasteiger partial charge in [-0.2, -0.15) is 0 Å². The summed E-state index contributed by atoms with van der Waals surface area (Å²) in [5.74, 6) is -0.174. The predicted octanol–water partition coefficient (Wildman–Crippen LogP) is 0.00980. The van der Waals surface area contributed by atoms with Gasteiger partial charge in [0.15, 0.2) is 0 Å². The Hall–Kier alpha value is -1.48. The SMILES string of the molecule is CN(C)S(=O)(=O)c1ccccc1CNC(=O)CN(CCO)C1CC1. The highest BCUT2D eigenvalue weighted by atomic mass is 32.2. The van der Waals surface area contributed by atoms with Crippen LogP contribution in [0.25, 0.3) is 0 Å². The van der Waals surface area contributed by atoms with E-state index in [-0.39, 0.29) is 30.5 Å². The van der Waals surface area contributed by atoms with Crippen LogP contribution < -0.4 is 5.32 Å². The predicted molar refractivity (Wildman–Crippen MR) is 90.8 cm³/mol. The summed E-state index contributed by atoms with van der Waals surface area (Å²) in [7, 11) is -0.593. The van der Waals surface area contributed by atoms with Gasteiger partial charge in [0.05, 0.1) is 18.0 Å². The fourth-order valence-corrected chi connectivity index (χ4v) is 3.61. The molecule has 1 aliphatic rings. The van der Waals surface area contributed by atoms with Crippen molar-refractivity contribution in [2.75, 3.05) is 33.8 Å². The standard InChI is InChI=1S/C16H25N3O4S/c1-18(2)24(22,23)15-6-4-3-5-13(15)11-17-16(21)12-19(9-10-20)14-7-8-14/h3-6,14,20H,7-12H2,1-2H3,(H,17,21). The number of carbonyl (C=O) groups excluding carboxylic acids is 1. The van der Waals surface area contributed by atoms with E-state index in [0.717, 1.165) is 17.1 Å². The molecule has 0 radical (unpaired) electrons. The van der Waals surface area contributed by atoms with Gasteiger partial charge >= 0.3 is 0 Å². The number of carbonyl (C=O) groups is 1. The number of sulfonamides is 1. The minimum absolute atomic E-state index is 0.0215. The van der Waals surface area contributed by atoms with Gasteiger partial charge in [0.1, 0.15) is 0 Å². The van der Waals surface area contributed by atoms with Gasteiger partial charge in [-0.15, -0.1) is 0 Å². The first-order valence-electron chi connectivity index (χ1n) is 7.98. The number of aliphatic hydroxyl groups excluding tert-OH is 1. The number of hydrogen-bond acceptors (Lipinski definition) is 5. The fraction of sp³-hybridized carbons (Fsp3) is 0.562. The average Bonchev–Trinajstić information content (AvgIpc) is 3.37. The topological polar surface area (TPSA) is 90.0 Å². The molecular formula is C16H25N3O4S. The third-order valence-corrected chi connectivity index (χ3v) is 5.92. The van der Waals surface area contributed by atoms with Crippen molar-refractivity contribution in [1.29, 1.82) is 0 Å². The summed E-state index contributed by atoms with van der Waals surface area (Å²) < 4.78 is 25.8. The van der Waals surface area contributed by atoms with Gasteiger partial charge in [-0.3, -0.25) is 9.69 Å². The molecule has 134 valence electrons. The fourth-order valence-electron chi connectivity index (χ4n) is 2.49. The minimum atomic E-state index is -3.55. The number of amides is 1. The van der Waals surface area contributed by atoms with Crippen LogP contribution in [0.3, 0.4) is 0 Å². The highest BCUT2D eigenvalue weighted by Crippen LogP contribution is 2.26. The van der Waals surface area contributed by atoms with Crippen molar-refractivity contribution in [3.8, 4) is 0 Å². The highest BCUT2D eigenvalue weighted by molar-refractivity contribution is 7.89. The molecular weight excluding hydrogens is 330 g/mol. The molecule has 0 unspecified atom stereocenters. The smallest absolute Gasteiger partial charge is 0.242 e. The summed E-state index contributed by atoms with van der Waals surface area (Å²) in [6.07, 6.45) is 2.11. The molecule has 0 bridgehead atoms. The highest BCUT2D eigenvalue weighted by Gasteiger charge is 2.29. The van der Waals surface area contributed by atoms with E-state index < -0.39 is 10.0 Å². The van der Waals surface area contributed by atoms with Crippen molar-refractivity contribution < 1.29 is 18.3 Å². The lowest BCUT2D eigenvalue weighted by Gasteiger charge is -2.20. The first-order chi connectivity index (χ1) is 11.4. The maximum Gasteiger partial charge on any atom is 0.242 e. The van der Waals surface area contributed by atoms with Gasteiger partial charge < -0.3 is 10.4 Å². The molecule has 1 fully saturated rings. The van der Waals surface area contributed by atoms with Crippen molar-refractivity contribution in [1.82, 2.24) is 14.5 Å². The molecule has 0 aromatic heterocycles. The molecule has 1 amide bonds. The number of hydrogen-bond donors (Lipinski definition) is 2. The maximum atomic E-state index is 12.3. The Kier molecular flexibility index (Phi) is 6.34. The minimum Gasteiger partial charge on any atom is -0.395 e. The van der Waals surface area contributed by atoms with Crippen LogP contribution in [-0.2, 0) is 21.4 Å². The van der Waals surface area contributed by atoms with Crippen molar-refractivity contribution in [2.45, 2.75) is 30.3 Å². The number of benzene rings is 1. The van der Waals surface area contributed by atoms with E-state index >= 15 is 0 Å². The lowest BCUT2D eigenvalue weighted by Crippen LogP contribution is -2.39. The molecule has 1 aliphatic carbocycles. The summed E-state index contributed by atoms with van der Waals surface area (Å²) in [5, 5.41) is 11.8. The van der Waals surface area contributed by atoms with Crippen molar-refractivity contribution in [3.63, 3.8) is 0 Å². The van der Waals surface area contributed by atoms with Crippen LogP contribution in [0.4, 0.5) is 0 Å². The summed E-state index contributed by atoms with van der Waals surface area (Å²) in [4.78, 5) is 14.3. The second-order valence-electron chi connectivity index (χ2n) is 6.10. The summed E-state index contributed by atoms with van der Waals surface area (Å²) in [6, 6.07) is 7.03. The number of nitrogens with zero attached hydrogens (tertiary/aromatic N) is 2. The molecule has 1 saturated carbocycles. The molecule has 0 spiro atoms. The van der Waals surface area contributed by atoms with Crippen molar-refractivity contribution >= 4 is 15.9 Å². The van der Waals surface area contributed by atoms with Gasteiger partial charge in [-0.05, 0) is 24.5 Å². The Labute approximate surface area is 143 Å². The van der Waals surface area contributed by atoms with E-state index in [1.807, 2.05) is 4.90 Å². The van der Waals surface area contributed by atoms with Gasteiger partial charge in [-0.25, -0.2) is 12.7 Å². The molecule has 2 rings (SSSR count). The molecule has 24 heavy (non-hydrogen) atoms. The summed E-state index contributed by atoms with van der Waals surface area (Å²) in [5.41, 5.74) is 0.555. The number of aliphatic hydroxyl groups is 1. The van der Waals surface area contributed by atoms with Crippen LogP contribution in [0.1, 0.15) is 18.4 Å². The van der Waals surface area contributed by atoms with Crippen LogP contribution in [-0.4, -0.2) is 68.5 Å². The molecule has 0 aliphatic heterocycles. The van der Waals surface area contributed by atoms with E-state index in [9.17, 15) is 13.2 Å². The van der Waals surface area contributed by atoms with Crippen LogP contribution in [0.5, 0.6) is 0 Å². The average molecular weight is 355 g/mol. The van der Waals surface area contributed by atoms with E-state index in [2.05, 4.69) is 5.32 Å². The molecule has 1 aromatic carbocycles. The van der Waals surface area contributed by atoms with Gasteiger partial charge in [0, 0.05) is 33.2 Å². The molecule has 0 heterocycles. The summed E-state index contributed by atoms with van der Waals surface area (Å²) in [6.45, 7) is 0.866. The quantitative estimate of drug-likeness (QED) is 0.651. The Morgan fingerprint density at radius 2 is 1.96 bits per heavy atom. The van der Waals surface area contributed by atoms with Crippen LogP contribution in [0.15, 0.2) is 29.2 Å². The normalized spacial score (nSPS) is 15.0. The van der Waals surface area contributed by atoms with E-state index in [1.54, 1.807) is 24.3 Å². The number of rotatable bonds is 9. The van der Waals surface area contributed by atoms with Crippen molar-refractivity contribution in [2.24, 2.45) is 0 Å². The largest absolute Gasteiger partial charge is 0.395 e. The molecule has 0 atom stereocenters. The molecule has 0 saturated heterocycles. The van der Waals surface area contributed by atoms with Gasteiger partial charge in [-0.1, -0.05) is 18.2 Å². The monoisotopic (exact) mass is 355 g/mol. The van der Waals surface area contributed by atoms with E-state index in [1.165, 1.54) is 14.1 Å². The molecule has 8 heteroatoms. The Morgan fingerprint density at radius 1 is 1.29 bits per heavy atom. The maximum absolute atomic E-state index is 12.3. The Balaban J connectivity index is 2.00. The van der Waals surface area contributed by atoms with Crippen LogP contribution >= 0.6 is 0 Å². The lowest BCUT2D eigenvalue weighted by atomic mass is 10.2. The Morgan fingerprint density at radius 3 is 2.54 bits per heavy atom. The second kappa shape index (κ2) is 8.06. The molecule has 2 N–H and O–H groups in total. The van der Waals surface area contributed by atoms with Gasteiger partial charge in [0.25, 0.3) is 0 Å². The molecule has 1 aromatic rings. The third-order valence-electron chi connectivity index (χ3n) is 4.00. The first-order valence-corrected chi connectivity index (χ1v) is 9.42. The zero-order valence-electron chi connectivity index (χ0n) is 14.1. The zero-order chi connectivity index (χ0) is 17.7. The first kappa shape index (κ1) is 18.9. The number of nitrogens with one attached hydrogen (secondary N) is 1. The Bertz CT molecular complexity index is 672. The van der Waals surface area contributed by atoms with E-state index in [0.29, 0.717) is 18.2 Å². The van der Waals surface area contributed by atoms with Gasteiger partial charge in [0.2, 0.25) is 15.9 Å². The molecule has 7 nitrogen and oxygen atoms in total. The lowest BCUT2D eigenvalue weighted by molar-refractivity contribution is -0.122. The zero-order valence-corrected chi connectivity index (χ0v) is 14.9. The van der Waals surface area contributed by atoms with E-state index in [4.69, 9.17) is 5.11 Å². The van der Waals surface area contributed by atoms with Crippen molar-refractivity contribution in [3.05, 3.63) is 29.8 Å². The van der Waals surface area contributed by atoms with Crippen LogP contribution in [0, 0.1) is 0 Å². The third kappa shape index (κ3) is 4.76. The van der Waals surface area contributed by atoms with Crippen LogP contribution in [0.2, 0.25) is 0 Å². The second-order valence-corrected chi connectivity index (χ2v) is 8.22.